The number of allylic oxidation sites excluding steroid dienone is 2. The highest BCUT2D eigenvalue weighted by Crippen LogP contribution is 2.35. The summed E-state index contributed by atoms with van der Waals surface area (Å²) in [6, 6.07) is 0. The van der Waals surface area contributed by atoms with Crippen molar-refractivity contribution in [2.75, 3.05) is 6.26 Å². The molecule has 0 saturated heterocycles. The van der Waals surface area contributed by atoms with E-state index in [1.54, 1.807) is 30.5 Å². The van der Waals surface area contributed by atoms with Crippen LogP contribution in [-0.2, 0) is 19.1 Å². The molecular formula is C10H12ClNO4S. The zero-order valence-electron chi connectivity index (χ0n) is 9.09. The molecule has 2 unspecified atom stereocenters. The fourth-order valence-corrected chi connectivity index (χ4v) is 2.87. The maximum absolute atomic E-state index is 11.3. The monoisotopic (exact) mass is 277 g/mol. The molecule has 0 fully saturated rings. The highest BCUT2D eigenvalue weighted by molar-refractivity contribution is 7.86. The largest absolute Gasteiger partial charge is 0.274 e. The SMILES string of the molecule is CS(=O)(=O)OC1(C2C=CNO2)C=CC=C(Cl)C1. The van der Waals surface area contributed by atoms with E-state index in [2.05, 4.69) is 5.48 Å². The lowest BCUT2D eigenvalue weighted by Gasteiger charge is -2.34. The first-order valence-electron chi connectivity index (χ1n) is 4.94. The molecular weight excluding hydrogens is 266 g/mol. The average molecular weight is 278 g/mol. The molecule has 7 heteroatoms. The van der Waals surface area contributed by atoms with Crippen LogP contribution in [0.25, 0.3) is 0 Å². The quantitative estimate of drug-likeness (QED) is 0.786. The van der Waals surface area contributed by atoms with Crippen molar-refractivity contribution in [3.05, 3.63) is 35.5 Å². The Morgan fingerprint density at radius 1 is 1.65 bits per heavy atom. The number of nitrogens with one attached hydrogen (secondary N) is 1. The summed E-state index contributed by atoms with van der Waals surface area (Å²) in [5.41, 5.74) is 1.42. The van der Waals surface area contributed by atoms with Crippen molar-refractivity contribution in [3.63, 3.8) is 0 Å². The van der Waals surface area contributed by atoms with Crippen LogP contribution in [0.5, 0.6) is 0 Å². The Hall–Kier alpha value is -0.820. The summed E-state index contributed by atoms with van der Waals surface area (Å²) in [5.74, 6) is 0. The Bertz CT molecular complexity index is 496. The summed E-state index contributed by atoms with van der Waals surface area (Å²) >= 11 is 5.94. The van der Waals surface area contributed by atoms with Crippen LogP contribution in [0.4, 0.5) is 0 Å². The maximum atomic E-state index is 11.3. The lowest BCUT2D eigenvalue weighted by Crippen LogP contribution is -2.45. The van der Waals surface area contributed by atoms with Gasteiger partial charge in [-0.1, -0.05) is 17.7 Å². The van der Waals surface area contributed by atoms with Crippen molar-refractivity contribution in [2.45, 2.75) is 18.1 Å². The molecule has 1 N–H and O–H groups in total. The van der Waals surface area contributed by atoms with Crippen molar-refractivity contribution in [1.82, 2.24) is 5.48 Å². The summed E-state index contributed by atoms with van der Waals surface area (Å²) in [4.78, 5) is 5.20. The molecule has 94 valence electrons. The van der Waals surface area contributed by atoms with E-state index in [9.17, 15) is 8.42 Å². The van der Waals surface area contributed by atoms with E-state index in [1.165, 1.54) is 0 Å². The number of hydroxylamine groups is 1. The van der Waals surface area contributed by atoms with Gasteiger partial charge < -0.3 is 0 Å². The predicted octanol–water partition coefficient (Wildman–Crippen LogP) is 1.20. The summed E-state index contributed by atoms with van der Waals surface area (Å²) in [5, 5.41) is 0.514. The minimum Gasteiger partial charge on any atom is -0.274 e. The molecule has 2 aliphatic rings. The zero-order valence-corrected chi connectivity index (χ0v) is 10.7. The molecule has 17 heavy (non-hydrogen) atoms. The predicted molar refractivity (Wildman–Crippen MR) is 63.5 cm³/mol. The van der Waals surface area contributed by atoms with Crippen LogP contribution in [0, 0.1) is 0 Å². The van der Waals surface area contributed by atoms with Gasteiger partial charge in [-0.3, -0.25) is 14.5 Å². The topological polar surface area (TPSA) is 64.6 Å². The van der Waals surface area contributed by atoms with Crippen LogP contribution >= 0.6 is 11.6 Å². The van der Waals surface area contributed by atoms with Crippen LogP contribution in [0.3, 0.4) is 0 Å². The average Bonchev–Trinajstić information content (AvgIpc) is 2.67. The lowest BCUT2D eigenvalue weighted by molar-refractivity contribution is -0.0546. The van der Waals surface area contributed by atoms with Crippen LogP contribution in [-0.4, -0.2) is 26.4 Å². The van der Waals surface area contributed by atoms with Crippen molar-refractivity contribution in [2.24, 2.45) is 0 Å². The molecule has 2 rings (SSSR count). The first-order valence-corrected chi connectivity index (χ1v) is 7.13. The summed E-state index contributed by atoms with van der Waals surface area (Å²) in [6.45, 7) is 0. The van der Waals surface area contributed by atoms with E-state index in [0.717, 1.165) is 6.26 Å². The third-order valence-corrected chi connectivity index (χ3v) is 3.30. The highest BCUT2D eigenvalue weighted by atomic mass is 35.5. The van der Waals surface area contributed by atoms with Gasteiger partial charge in [0.1, 0.15) is 11.7 Å². The molecule has 2 atom stereocenters. The molecule has 5 nitrogen and oxygen atoms in total. The number of hydrogen-bond acceptors (Lipinski definition) is 5. The first kappa shape index (κ1) is 12.6. The molecule has 1 aliphatic carbocycles. The van der Waals surface area contributed by atoms with Crippen LogP contribution in [0.2, 0.25) is 0 Å². The van der Waals surface area contributed by atoms with Crippen LogP contribution in [0.15, 0.2) is 35.5 Å². The van der Waals surface area contributed by atoms with E-state index < -0.39 is 21.8 Å². The Kier molecular flexibility index (Phi) is 3.31. The third-order valence-electron chi connectivity index (χ3n) is 2.42. The highest BCUT2D eigenvalue weighted by Gasteiger charge is 2.43. The Labute approximate surface area is 105 Å². The van der Waals surface area contributed by atoms with Gasteiger partial charge in [0.2, 0.25) is 0 Å². The van der Waals surface area contributed by atoms with E-state index in [1.807, 2.05) is 0 Å². The minimum absolute atomic E-state index is 0.245. The van der Waals surface area contributed by atoms with Crippen molar-refractivity contribution >= 4 is 21.7 Å². The molecule has 0 aromatic carbocycles. The zero-order chi connectivity index (χ0) is 12.5. The molecule has 0 amide bonds. The number of hydrogen-bond donors (Lipinski definition) is 1. The summed E-state index contributed by atoms with van der Waals surface area (Å²) in [7, 11) is -3.62. The van der Waals surface area contributed by atoms with E-state index in [-0.39, 0.29) is 6.42 Å². The van der Waals surface area contributed by atoms with Gasteiger partial charge >= 0.3 is 0 Å². The van der Waals surface area contributed by atoms with Gasteiger partial charge in [-0.15, -0.1) is 0 Å². The lowest BCUT2D eigenvalue weighted by atomic mass is 9.89. The second-order valence-corrected chi connectivity index (χ2v) is 5.97. The normalized spacial score (nSPS) is 32.4. The van der Waals surface area contributed by atoms with E-state index in [0.29, 0.717) is 5.03 Å². The Morgan fingerprint density at radius 2 is 2.41 bits per heavy atom. The second-order valence-electron chi connectivity index (χ2n) is 3.91. The first-order chi connectivity index (χ1) is 7.91. The Morgan fingerprint density at radius 3 is 2.94 bits per heavy atom. The van der Waals surface area contributed by atoms with Gasteiger partial charge in [0.05, 0.1) is 6.26 Å². The third kappa shape index (κ3) is 2.90. The van der Waals surface area contributed by atoms with Crippen molar-refractivity contribution in [1.29, 1.82) is 0 Å². The smallest absolute Gasteiger partial charge is 0.265 e. The molecule has 0 radical (unpaired) electrons. The van der Waals surface area contributed by atoms with Gasteiger partial charge in [0, 0.05) is 17.7 Å². The van der Waals surface area contributed by atoms with Crippen molar-refractivity contribution in [3.8, 4) is 0 Å². The number of rotatable bonds is 3. The van der Waals surface area contributed by atoms with Gasteiger partial charge in [-0.25, -0.2) is 0 Å². The standard InChI is InChI=1S/C10H12ClNO4S/c1-17(13,14)16-10(9-4-6-12-15-9)5-2-3-8(11)7-10/h2-6,9,12H,7H2,1H3. The summed E-state index contributed by atoms with van der Waals surface area (Å²) in [6.07, 6.45) is 8.96. The maximum Gasteiger partial charge on any atom is 0.265 e. The van der Waals surface area contributed by atoms with Gasteiger partial charge in [0.25, 0.3) is 10.1 Å². The Balaban J connectivity index is 2.33. The fourth-order valence-electron chi connectivity index (χ4n) is 1.82. The fraction of sp³-hybridized carbons (Fsp3) is 0.400. The van der Waals surface area contributed by atoms with Gasteiger partial charge in [-0.05, 0) is 18.2 Å². The van der Waals surface area contributed by atoms with Gasteiger partial charge in [-0.2, -0.15) is 8.42 Å². The van der Waals surface area contributed by atoms with E-state index >= 15 is 0 Å². The van der Waals surface area contributed by atoms with Crippen LogP contribution < -0.4 is 5.48 Å². The minimum atomic E-state index is -3.62. The molecule has 0 saturated carbocycles. The molecule has 1 heterocycles. The second kappa shape index (κ2) is 4.45. The molecule has 1 aliphatic heterocycles. The molecule has 0 aromatic rings. The molecule has 0 bridgehead atoms. The van der Waals surface area contributed by atoms with Crippen LogP contribution in [0.1, 0.15) is 6.42 Å². The van der Waals surface area contributed by atoms with Gasteiger partial charge in [0.15, 0.2) is 0 Å². The molecule has 0 aromatic heterocycles. The number of halogens is 1. The van der Waals surface area contributed by atoms with Crippen molar-refractivity contribution < 1.29 is 17.4 Å². The summed E-state index contributed by atoms with van der Waals surface area (Å²) < 4.78 is 27.9. The molecule has 0 spiro atoms. The van der Waals surface area contributed by atoms with E-state index in [4.69, 9.17) is 20.6 Å².